The molecule has 0 spiro atoms. The molecule has 116 valence electrons. The van der Waals surface area contributed by atoms with E-state index in [1.807, 2.05) is 24.3 Å². The van der Waals surface area contributed by atoms with Crippen LogP contribution in [0.3, 0.4) is 0 Å². The second kappa shape index (κ2) is 13.8. The topological polar surface area (TPSA) is 3.24 Å². The second-order valence-corrected chi connectivity index (χ2v) is 5.80. The van der Waals surface area contributed by atoms with E-state index in [1.54, 1.807) is 0 Å². The molecule has 0 N–H and O–H groups in total. The number of hydrogen-bond donors (Lipinski definition) is 0. The van der Waals surface area contributed by atoms with E-state index in [2.05, 4.69) is 62.1 Å². The summed E-state index contributed by atoms with van der Waals surface area (Å²) in [6.45, 7) is 8.57. The fourth-order valence-electron chi connectivity index (χ4n) is 2.00. The van der Waals surface area contributed by atoms with Gasteiger partial charge in [0.25, 0.3) is 0 Å². The molecule has 0 amide bonds. The smallest absolute Gasteiger partial charge is 1.00 e. The van der Waals surface area contributed by atoms with E-state index in [-0.39, 0.29) is 76.5 Å². The normalized spacial score (nSPS) is 9.74. The first kappa shape index (κ1) is 28.3. The summed E-state index contributed by atoms with van der Waals surface area (Å²) in [6, 6.07) is 23.0. The summed E-state index contributed by atoms with van der Waals surface area (Å²) in [6.07, 6.45) is 0. The summed E-state index contributed by atoms with van der Waals surface area (Å²) in [7, 11) is 0. The van der Waals surface area contributed by atoms with Crippen LogP contribution in [-0.4, -0.2) is 56.5 Å². The molecule has 0 unspecified atom stereocenters. The molecule has 0 saturated carbocycles. The van der Waals surface area contributed by atoms with Crippen LogP contribution < -0.4 is 24.8 Å². The Morgan fingerprint density at radius 3 is 1.43 bits per heavy atom. The van der Waals surface area contributed by atoms with Gasteiger partial charge in [0.15, 0.2) is 0 Å². The van der Waals surface area contributed by atoms with Crippen molar-refractivity contribution in [1.82, 2.24) is 4.90 Å². The molecule has 2 aromatic rings. The maximum Gasteiger partial charge on any atom is 2.00 e. The van der Waals surface area contributed by atoms with Gasteiger partial charge in [0.1, 0.15) is 0 Å². The van der Waals surface area contributed by atoms with E-state index in [4.69, 9.17) is 0 Å². The van der Waals surface area contributed by atoms with Gasteiger partial charge in [-0.25, -0.2) is 0 Å². The van der Waals surface area contributed by atoms with Crippen molar-refractivity contribution < 1.29 is 24.8 Å². The standard InChI is InChI=1S/C18H21N.2ClH.2Mg/c1-18(2,3)19(14-16-10-6-4-7-11-16)15-17-12-8-5-9-13-17;;;;/h4-10,12H,14-15H2,1-3H3;2*1H;;/q-2;;;2*+2/p-2. The van der Waals surface area contributed by atoms with E-state index in [9.17, 15) is 0 Å². The van der Waals surface area contributed by atoms with Crippen molar-refractivity contribution in [2.75, 3.05) is 0 Å². The third kappa shape index (κ3) is 10.2. The summed E-state index contributed by atoms with van der Waals surface area (Å²) in [5, 5.41) is 0. The quantitative estimate of drug-likeness (QED) is 0.419. The van der Waals surface area contributed by atoms with Gasteiger partial charge in [-0.1, -0.05) is 0 Å². The van der Waals surface area contributed by atoms with E-state index in [1.165, 1.54) is 11.1 Å². The van der Waals surface area contributed by atoms with Crippen LogP contribution in [0.1, 0.15) is 31.9 Å². The Bertz CT molecular complexity index is 460. The van der Waals surface area contributed by atoms with Crippen molar-refractivity contribution in [3.05, 3.63) is 71.8 Å². The first-order chi connectivity index (χ1) is 9.05. The van der Waals surface area contributed by atoms with Crippen LogP contribution in [0, 0.1) is 12.1 Å². The van der Waals surface area contributed by atoms with Gasteiger partial charge in [0, 0.05) is 18.6 Å². The first-order valence-electron chi connectivity index (χ1n) is 6.72. The van der Waals surface area contributed by atoms with Crippen LogP contribution in [0.15, 0.2) is 48.5 Å². The SMILES string of the molecule is CC(C)(C)N(Cc1[c-]cccc1)Cc1[c-]cccc1.[Cl-].[Cl-].[Mg+2].[Mg+2]. The predicted octanol–water partition coefficient (Wildman–Crippen LogP) is -2.67. The molecule has 23 heavy (non-hydrogen) atoms. The monoisotopic (exact) mass is 369 g/mol. The molecule has 0 aliphatic rings. The fraction of sp³-hybridized carbons (Fsp3) is 0.333. The summed E-state index contributed by atoms with van der Waals surface area (Å²) < 4.78 is 0. The summed E-state index contributed by atoms with van der Waals surface area (Å²) >= 11 is 0. The van der Waals surface area contributed by atoms with E-state index < -0.39 is 0 Å². The molecule has 1 nitrogen and oxygen atoms in total. The molecule has 0 heterocycles. The summed E-state index contributed by atoms with van der Waals surface area (Å²) in [5.41, 5.74) is 2.58. The van der Waals surface area contributed by atoms with Crippen molar-refractivity contribution in [2.45, 2.75) is 39.4 Å². The number of benzene rings is 2. The van der Waals surface area contributed by atoms with Crippen molar-refractivity contribution in [2.24, 2.45) is 0 Å². The molecule has 0 aliphatic carbocycles. The Morgan fingerprint density at radius 1 is 0.783 bits per heavy atom. The Balaban J connectivity index is -0.000001000. The number of rotatable bonds is 4. The molecule has 5 heteroatoms. The van der Waals surface area contributed by atoms with Gasteiger partial charge in [-0.05, 0) is 20.8 Å². The van der Waals surface area contributed by atoms with E-state index in [0.29, 0.717) is 0 Å². The van der Waals surface area contributed by atoms with Crippen LogP contribution in [0.5, 0.6) is 0 Å². The molecule has 0 radical (unpaired) electrons. The zero-order chi connectivity index (χ0) is 13.7. The Hall–Kier alpha value is 0.512. The van der Waals surface area contributed by atoms with Gasteiger partial charge in [0.2, 0.25) is 0 Å². The molecule has 2 aromatic carbocycles. The first-order valence-corrected chi connectivity index (χ1v) is 6.72. The van der Waals surface area contributed by atoms with Gasteiger partial charge in [0.05, 0.1) is 0 Å². The van der Waals surface area contributed by atoms with Gasteiger partial charge < -0.3 is 24.8 Å². The number of nitrogens with zero attached hydrogens (tertiary/aromatic N) is 1. The van der Waals surface area contributed by atoms with E-state index >= 15 is 0 Å². The van der Waals surface area contributed by atoms with Crippen molar-refractivity contribution in [3.63, 3.8) is 0 Å². The zero-order valence-electron chi connectivity index (χ0n) is 14.2. The van der Waals surface area contributed by atoms with Gasteiger partial charge in [-0.3, -0.25) is 4.90 Å². The van der Waals surface area contributed by atoms with Gasteiger partial charge >= 0.3 is 46.1 Å². The van der Waals surface area contributed by atoms with Crippen LogP contribution in [0.4, 0.5) is 0 Å². The Labute approximate surface area is 185 Å². The molecule has 0 fully saturated rings. The largest absolute Gasteiger partial charge is 2.00 e. The van der Waals surface area contributed by atoms with Crippen molar-refractivity contribution in [1.29, 1.82) is 0 Å². The predicted molar refractivity (Wildman–Crippen MR) is 91.1 cm³/mol. The number of halogens is 2. The molecule has 0 aliphatic heterocycles. The molecule has 0 atom stereocenters. The zero-order valence-corrected chi connectivity index (χ0v) is 18.5. The second-order valence-electron chi connectivity index (χ2n) is 5.80. The maximum atomic E-state index is 3.30. The molecule has 0 saturated heterocycles. The van der Waals surface area contributed by atoms with Gasteiger partial charge in [-0.15, -0.1) is 11.1 Å². The molecule has 0 aromatic heterocycles. The third-order valence-corrected chi connectivity index (χ3v) is 3.22. The Morgan fingerprint density at radius 2 is 1.17 bits per heavy atom. The minimum atomic E-state index is 0. The van der Waals surface area contributed by atoms with Crippen molar-refractivity contribution >= 4 is 46.1 Å². The average Bonchev–Trinajstić information content (AvgIpc) is 2.39. The minimum absolute atomic E-state index is 0. The maximum absolute atomic E-state index is 3.30. The summed E-state index contributed by atoms with van der Waals surface area (Å²) in [5.74, 6) is 0. The molecule has 0 bridgehead atoms. The average molecular weight is 371 g/mol. The Kier molecular flexibility index (Phi) is 16.9. The van der Waals surface area contributed by atoms with Crippen LogP contribution >= 0.6 is 0 Å². The minimum Gasteiger partial charge on any atom is -1.00 e. The van der Waals surface area contributed by atoms with Crippen LogP contribution in [0.2, 0.25) is 0 Å². The van der Waals surface area contributed by atoms with E-state index in [0.717, 1.165) is 13.1 Å². The van der Waals surface area contributed by atoms with Crippen LogP contribution in [-0.2, 0) is 13.1 Å². The molecular weight excluding hydrogens is 350 g/mol. The number of hydrogen-bond acceptors (Lipinski definition) is 1. The third-order valence-electron chi connectivity index (χ3n) is 3.22. The summed E-state index contributed by atoms with van der Waals surface area (Å²) in [4.78, 5) is 2.45. The molecular formula is C18H21Cl2Mg2N. The molecule has 2 rings (SSSR count). The van der Waals surface area contributed by atoms with Gasteiger partial charge in [-0.2, -0.15) is 60.7 Å². The van der Waals surface area contributed by atoms with Crippen molar-refractivity contribution in [3.8, 4) is 0 Å². The fourth-order valence-corrected chi connectivity index (χ4v) is 2.00. The van der Waals surface area contributed by atoms with Crippen LogP contribution in [0.25, 0.3) is 0 Å².